The molecule has 1 aromatic rings. The largest absolute Gasteiger partial charge is 0.493 e. The zero-order valence-electron chi connectivity index (χ0n) is 20.9. The molecule has 4 rings (SSSR count). The number of amides is 2. The molecule has 9 nitrogen and oxygen atoms in total. The molecule has 0 spiro atoms. The topological polar surface area (TPSA) is 125 Å². The van der Waals surface area contributed by atoms with E-state index in [0.717, 1.165) is 25.7 Å². The van der Waals surface area contributed by atoms with Gasteiger partial charge in [0.2, 0.25) is 11.8 Å². The van der Waals surface area contributed by atoms with Crippen molar-refractivity contribution in [1.29, 1.82) is 0 Å². The second-order valence-corrected chi connectivity index (χ2v) is 9.81. The predicted molar refractivity (Wildman–Crippen MR) is 132 cm³/mol. The van der Waals surface area contributed by atoms with E-state index >= 15 is 0 Å². The number of nitrogens with one attached hydrogen (secondary N) is 1. The van der Waals surface area contributed by atoms with Crippen molar-refractivity contribution in [2.45, 2.75) is 69.6 Å². The van der Waals surface area contributed by atoms with E-state index in [1.165, 1.54) is 13.5 Å². The number of carbonyl (C=O) groups is 3. The number of hydrogen-bond donors (Lipinski definition) is 3. The van der Waals surface area contributed by atoms with E-state index in [1.807, 2.05) is 0 Å². The molecule has 0 unspecified atom stereocenters. The maximum Gasteiger partial charge on any atom is 0.247 e. The van der Waals surface area contributed by atoms with E-state index in [1.54, 1.807) is 30.0 Å². The van der Waals surface area contributed by atoms with E-state index in [0.29, 0.717) is 46.9 Å². The lowest BCUT2D eigenvalue weighted by Gasteiger charge is -2.42. The van der Waals surface area contributed by atoms with Crippen molar-refractivity contribution >= 4 is 18.1 Å². The predicted octanol–water partition coefficient (Wildman–Crippen LogP) is 1.95. The van der Waals surface area contributed by atoms with Gasteiger partial charge in [0, 0.05) is 36.2 Å². The molecule has 1 fully saturated rings. The number of ether oxygens (including phenoxy) is 2. The van der Waals surface area contributed by atoms with Gasteiger partial charge in [0.1, 0.15) is 18.5 Å². The van der Waals surface area contributed by atoms with Crippen LogP contribution in [0.15, 0.2) is 23.8 Å². The molecule has 2 amide bonds. The summed E-state index contributed by atoms with van der Waals surface area (Å²) in [6.45, 7) is 2.14. The number of aliphatic hydroxyl groups is 2. The van der Waals surface area contributed by atoms with Crippen LogP contribution in [-0.4, -0.2) is 78.3 Å². The Morgan fingerprint density at radius 2 is 2.00 bits per heavy atom. The van der Waals surface area contributed by atoms with Crippen LogP contribution in [0.25, 0.3) is 0 Å². The standard InChI is InChI=1S/C27H36N2O7/c1-3-22(32)29(14-16-7-5-4-6-8-16)20-13-19(27(34)28-9-10-30)23-18-11-17(15-31)12-21(35-2)25(18)36-26(23)24(20)33/h11-13,15-16,20,23-24,26,30,33H,3-10,14H2,1-2H3,(H,28,34)/t20-,23+,24+,26+/m1/s1. The quantitative estimate of drug-likeness (QED) is 0.443. The zero-order chi connectivity index (χ0) is 25.8. The highest BCUT2D eigenvalue weighted by Gasteiger charge is 2.51. The van der Waals surface area contributed by atoms with Crippen molar-refractivity contribution in [2.24, 2.45) is 5.92 Å². The van der Waals surface area contributed by atoms with Crippen molar-refractivity contribution in [2.75, 3.05) is 26.8 Å². The first-order valence-electron chi connectivity index (χ1n) is 12.9. The molecule has 1 heterocycles. The Hall–Kier alpha value is -2.91. The lowest BCUT2D eigenvalue weighted by atomic mass is 9.77. The molecule has 9 heteroatoms. The van der Waals surface area contributed by atoms with Crippen LogP contribution in [0.4, 0.5) is 0 Å². The lowest BCUT2D eigenvalue weighted by molar-refractivity contribution is -0.138. The summed E-state index contributed by atoms with van der Waals surface area (Å²) >= 11 is 0. The number of carbonyl (C=O) groups excluding carboxylic acids is 3. The van der Waals surface area contributed by atoms with Gasteiger partial charge >= 0.3 is 0 Å². The Morgan fingerprint density at radius 1 is 1.25 bits per heavy atom. The fourth-order valence-corrected chi connectivity index (χ4v) is 5.80. The summed E-state index contributed by atoms with van der Waals surface area (Å²) in [6.07, 6.45) is 6.21. The van der Waals surface area contributed by atoms with Crippen molar-refractivity contribution < 1.29 is 34.1 Å². The minimum atomic E-state index is -1.10. The molecule has 1 saturated carbocycles. The molecular weight excluding hydrogens is 464 g/mol. The summed E-state index contributed by atoms with van der Waals surface area (Å²) in [5.41, 5.74) is 1.27. The van der Waals surface area contributed by atoms with Gasteiger partial charge in [-0.15, -0.1) is 0 Å². The van der Waals surface area contributed by atoms with E-state index in [4.69, 9.17) is 9.47 Å². The lowest BCUT2D eigenvalue weighted by Crippen LogP contribution is -2.56. The minimum Gasteiger partial charge on any atom is -0.493 e. The number of nitrogens with zero attached hydrogens (tertiary/aromatic N) is 1. The minimum absolute atomic E-state index is 0.0614. The normalized spacial score (nSPS) is 25.2. The highest BCUT2D eigenvalue weighted by Crippen LogP contribution is 2.51. The summed E-state index contributed by atoms with van der Waals surface area (Å²) in [4.78, 5) is 39.7. The Morgan fingerprint density at radius 3 is 2.64 bits per heavy atom. The molecule has 3 N–H and O–H groups in total. The number of methoxy groups -OCH3 is 1. The second kappa shape index (κ2) is 11.4. The van der Waals surface area contributed by atoms with E-state index in [-0.39, 0.29) is 25.5 Å². The molecule has 4 atom stereocenters. The summed E-state index contributed by atoms with van der Waals surface area (Å²) in [7, 11) is 1.46. The van der Waals surface area contributed by atoms with Crippen LogP contribution in [0.5, 0.6) is 11.5 Å². The van der Waals surface area contributed by atoms with Crippen LogP contribution in [0.2, 0.25) is 0 Å². The maximum atomic E-state index is 13.3. The van der Waals surface area contributed by atoms with E-state index < -0.39 is 30.1 Å². The van der Waals surface area contributed by atoms with Crippen molar-refractivity contribution in [3.63, 3.8) is 0 Å². The van der Waals surface area contributed by atoms with Gasteiger partial charge in [-0.25, -0.2) is 0 Å². The van der Waals surface area contributed by atoms with Crippen LogP contribution in [0, 0.1) is 5.92 Å². The van der Waals surface area contributed by atoms with Crippen molar-refractivity contribution in [1.82, 2.24) is 10.2 Å². The van der Waals surface area contributed by atoms with Gasteiger partial charge < -0.3 is 29.9 Å². The molecule has 2 aliphatic carbocycles. The summed E-state index contributed by atoms with van der Waals surface area (Å²) in [5.74, 6) is -0.107. The first-order chi connectivity index (χ1) is 17.4. The monoisotopic (exact) mass is 500 g/mol. The number of benzene rings is 1. The maximum absolute atomic E-state index is 13.3. The number of aldehydes is 1. The van der Waals surface area contributed by atoms with Gasteiger partial charge in [-0.3, -0.25) is 14.4 Å². The summed E-state index contributed by atoms with van der Waals surface area (Å²) in [5, 5.41) is 23.5. The molecule has 3 aliphatic rings. The van der Waals surface area contributed by atoms with Gasteiger partial charge in [0.25, 0.3) is 0 Å². The van der Waals surface area contributed by atoms with Crippen molar-refractivity contribution in [3.05, 3.63) is 34.9 Å². The van der Waals surface area contributed by atoms with Gasteiger partial charge in [0.05, 0.1) is 25.7 Å². The Balaban J connectivity index is 1.77. The van der Waals surface area contributed by atoms with Crippen LogP contribution in [0.3, 0.4) is 0 Å². The molecule has 196 valence electrons. The van der Waals surface area contributed by atoms with Gasteiger partial charge in [0.15, 0.2) is 11.5 Å². The molecule has 0 bridgehead atoms. The fraction of sp³-hybridized carbons (Fsp3) is 0.593. The second-order valence-electron chi connectivity index (χ2n) is 9.81. The van der Waals surface area contributed by atoms with Gasteiger partial charge in [-0.1, -0.05) is 26.2 Å². The molecular formula is C27H36N2O7. The summed E-state index contributed by atoms with van der Waals surface area (Å²) < 4.78 is 11.7. The summed E-state index contributed by atoms with van der Waals surface area (Å²) in [6, 6.07) is 2.45. The zero-order valence-corrected chi connectivity index (χ0v) is 20.9. The Bertz CT molecular complexity index is 1020. The average Bonchev–Trinajstić information content (AvgIpc) is 3.30. The molecule has 1 aromatic carbocycles. The molecule has 36 heavy (non-hydrogen) atoms. The van der Waals surface area contributed by atoms with Gasteiger partial charge in [-0.05, 0) is 37.0 Å². The first kappa shape index (κ1) is 26.2. The Labute approximate surface area is 211 Å². The highest BCUT2D eigenvalue weighted by atomic mass is 16.5. The fourth-order valence-electron chi connectivity index (χ4n) is 5.80. The van der Waals surface area contributed by atoms with Crippen LogP contribution >= 0.6 is 0 Å². The SMILES string of the molecule is CCC(=O)N(CC1CCCCC1)[C@@H]1C=C(C(=O)NCCO)[C@@H]2c3cc(C=O)cc(OC)c3O[C@@H]2[C@H]1O. The number of hydrogen-bond acceptors (Lipinski definition) is 7. The first-order valence-corrected chi connectivity index (χ1v) is 12.9. The average molecular weight is 501 g/mol. The van der Waals surface area contributed by atoms with Gasteiger partial charge in [-0.2, -0.15) is 0 Å². The molecule has 1 aliphatic heterocycles. The van der Waals surface area contributed by atoms with E-state index in [9.17, 15) is 24.6 Å². The Kier molecular flexibility index (Phi) is 8.31. The third kappa shape index (κ3) is 4.99. The highest BCUT2D eigenvalue weighted by molar-refractivity contribution is 5.96. The van der Waals surface area contributed by atoms with E-state index in [2.05, 4.69) is 5.32 Å². The van der Waals surface area contributed by atoms with Crippen LogP contribution in [-0.2, 0) is 9.59 Å². The molecule has 0 saturated heterocycles. The van der Waals surface area contributed by atoms with Crippen molar-refractivity contribution in [3.8, 4) is 11.5 Å². The number of fused-ring (bicyclic) bond motifs is 3. The molecule has 0 aromatic heterocycles. The van der Waals surface area contributed by atoms with Crippen LogP contribution < -0.4 is 14.8 Å². The smallest absolute Gasteiger partial charge is 0.247 e. The number of rotatable bonds is 9. The molecule has 0 radical (unpaired) electrons. The number of aliphatic hydroxyl groups excluding tert-OH is 2. The third-order valence-electron chi connectivity index (χ3n) is 7.57. The van der Waals surface area contributed by atoms with Crippen LogP contribution in [0.1, 0.15) is 67.3 Å². The third-order valence-corrected chi connectivity index (χ3v) is 7.57.